The molecule has 0 radical (unpaired) electrons. The summed E-state index contributed by atoms with van der Waals surface area (Å²) in [6.07, 6.45) is 13.0. The van der Waals surface area contributed by atoms with E-state index in [0.29, 0.717) is 29.8 Å². The van der Waals surface area contributed by atoms with Crippen molar-refractivity contribution in [3.63, 3.8) is 0 Å². The third-order valence-electron chi connectivity index (χ3n) is 8.44. The summed E-state index contributed by atoms with van der Waals surface area (Å²) in [5, 5.41) is 5.60. The zero-order valence-electron chi connectivity index (χ0n) is 22.9. The second kappa shape index (κ2) is 12.1. The van der Waals surface area contributed by atoms with E-state index in [1.54, 1.807) is 12.3 Å². The second-order valence-corrected chi connectivity index (χ2v) is 11.2. The van der Waals surface area contributed by atoms with Crippen LogP contribution in [0.4, 0.5) is 5.69 Å². The van der Waals surface area contributed by atoms with Crippen molar-refractivity contribution in [2.45, 2.75) is 77.2 Å². The van der Waals surface area contributed by atoms with Crippen molar-refractivity contribution in [3.05, 3.63) is 100 Å². The minimum Gasteiger partial charge on any atom is -0.354 e. The molecule has 0 spiro atoms. The van der Waals surface area contributed by atoms with Crippen molar-refractivity contribution in [2.75, 3.05) is 4.90 Å². The smallest absolute Gasteiger partial charge is 0.276 e. The summed E-state index contributed by atoms with van der Waals surface area (Å²) in [5.74, 6) is 0.772. The molecule has 0 aliphatic heterocycles. The molecule has 1 amide bonds. The van der Waals surface area contributed by atoms with Gasteiger partial charge in [-0.05, 0) is 67.0 Å². The van der Waals surface area contributed by atoms with E-state index in [4.69, 9.17) is 9.72 Å². The van der Waals surface area contributed by atoms with Crippen LogP contribution >= 0.6 is 0 Å². The van der Waals surface area contributed by atoms with E-state index in [1.165, 1.54) is 42.3 Å². The quantitative estimate of drug-likeness (QED) is 0.249. The molecule has 6 rings (SSSR count). The van der Waals surface area contributed by atoms with Gasteiger partial charge in [-0.1, -0.05) is 62.1 Å². The SMILES string of the molecule is O=C(C1CCC1)N(Cc1ccc(C2CCCCC2)cn1)c1ccc2c(=O)n(COCc3ccccc3)ncc2c1. The summed E-state index contributed by atoms with van der Waals surface area (Å²) in [6, 6.07) is 19.7. The molecular formula is C33H36N4O3. The van der Waals surface area contributed by atoms with Crippen molar-refractivity contribution in [1.82, 2.24) is 14.8 Å². The molecule has 2 aromatic heterocycles. The Balaban J connectivity index is 1.21. The molecule has 0 bridgehead atoms. The summed E-state index contributed by atoms with van der Waals surface area (Å²) in [4.78, 5) is 33.3. The number of nitrogens with zero attached hydrogens (tertiary/aromatic N) is 4. The predicted octanol–water partition coefficient (Wildman–Crippen LogP) is 6.35. The first-order chi connectivity index (χ1) is 19.7. The number of ether oxygens (including phenoxy) is 1. The zero-order valence-corrected chi connectivity index (χ0v) is 22.9. The Hall–Kier alpha value is -3.84. The van der Waals surface area contributed by atoms with Gasteiger partial charge in [0.25, 0.3) is 5.56 Å². The van der Waals surface area contributed by atoms with Crippen LogP contribution in [-0.2, 0) is 29.4 Å². The molecule has 2 aliphatic rings. The average Bonchev–Trinajstić information content (AvgIpc) is 2.97. The molecule has 2 heterocycles. The van der Waals surface area contributed by atoms with Crippen LogP contribution in [0.5, 0.6) is 0 Å². The maximum atomic E-state index is 13.5. The zero-order chi connectivity index (χ0) is 27.3. The number of amides is 1. The van der Waals surface area contributed by atoms with E-state index in [2.05, 4.69) is 17.2 Å². The van der Waals surface area contributed by atoms with Crippen molar-refractivity contribution in [3.8, 4) is 0 Å². The maximum Gasteiger partial charge on any atom is 0.276 e. The average molecular weight is 537 g/mol. The molecule has 2 aromatic carbocycles. The van der Waals surface area contributed by atoms with Gasteiger partial charge in [0.2, 0.25) is 5.91 Å². The number of fused-ring (bicyclic) bond motifs is 1. The standard InChI is InChI=1S/C33H36N4O3/c38-32(26-12-7-13-26)36(21-29-15-14-27(19-34-29)25-10-5-2-6-11-25)30-16-17-31-28(18-30)20-35-37(33(31)39)23-40-22-24-8-3-1-4-9-24/h1,3-4,8-9,14-20,25-26H,2,5-7,10-13,21-23H2. The number of carbonyl (C=O) groups is 1. The van der Waals surface area contributed by atoms with Gasteiger partial charge in [0, 0.05) is 23.2 Å². The number of pyridine rings is 1. The highest BCUT2D eigenvalue weighted by Gasteiger charge is 2.31. The minimum absolute atomic E-state index is 0.0464. The van der Waals surface area contributed by atoms with Crippen LogP contribution in [0.1, 0.15) is 74.1 Å². The second-order valence-electron chi connectivity index (χ2n) is 11.2. The number of benzene rings is 2. The van der Waals surface area contributed by atoms with Gasteiger partial charge in [0.05, 0.1) is 30.4 Å². The van der Waals surface area contributed by atoms with Gasteiger partial charge in [0.15, 0.2) is 0 Å². The maximum absolute atomic E-state index is 13.5. The first kappa shape index (κ1) is 26.4. The van der Waals surface area contributed by atoms with Gasteiger partial charge in [-0.15, -0.1) is 0 Å². The first-order valence-electron chi connectivity index (χ1n) is 14.5. The molecule has 4 aromatic rings. The number of rotatable bonds is 9. The molecule has 206 valence electrons. The number of aromatic nitrogens is 3. The summed E-state index contributed by atoms with van der Waals surface area (Å²) in [7, 11) is 0. The molecule has 0 unspecified atom stereocenters. The number of hydrogen-bond acceptors (Lipinski definition) is 5. The third-order valence-corrected chi connectivity index (χ3v) is 8.44. The van der Waals surface area contributed by atoms with Gasteiger partial charge >= 0.3 is 0 Å². The fraction of sp³-hybridized carbons (Fsp3) is 0.394. The van der Waals surface area contributed by atoms with Crippen LogP contribution in [0.3, 0.4) is 0 Å². The molecule has 40 heavy (non-hydrogen) atoms. The Kier molecular flexibility index (Phi) is 8.00. The van der Waals surface area contributed by atoms with Crippen molar-refractivity contribution >= 4 is 22.4 Å². The van der Waals surface area contributed by atoms with Crippen LogP contribution in [0, 0.1) is 5.92 Å². The van der Waals surface area contributed by atoms with Crippen molar-refractivity contribution in [2.24, 2.45) is 5.92 Å². The molecule has 0 saturated heterocycles. The summed E-state index contributed by atoms with van der Waals surface area (Å²) in [6.45, 7) is 0.879. The van der Waals surface area contributed by atoms with Gasteiger partial charge < -0.3 is 9.64 Å². The molecule has 2 fully saturated rings. The van der Waals surface area contributed by atoms with Gasteiger partial charge in [-0.3, -0.25) is 14.6 Å². The number of carbonyl (C=O) groups excluding carboxylic acids is 1. The highest BCUT2D eigenvalue weighted by molar-refractivity contribution is 5.97. The Bertz CT molecular complexity index is 1510. The van der Waals surface area contributed by atoms with Crippen LogP contribution in [0.25, 0.3) is 10.8 Å². The molecule has 7 heteroatoms. The van der Waals surface area contributed by atoms with Crippen molar-refractivity contribution in [1.29, 1.82) is 0 Å². The van der Waals surface area contributed by atoms with Gasteiger partial charge in [-0.2, -0.15) is 5.10 Å². The lowest BCUT2D eigenvalue weighted by molar-refractivity contribution is -0.124. The van der Waals surface area contributed by atoms with Crippen LogP contribution < -0.4 is 10.5 Å². The Morgan fingerprint density at radius 1 is 0.925 bits per heavy atom. The first-order valence-corrected chi connectivity index (χ1v) is 14.5. The summed E-state index contributed by atoms with van der Waals surface area (Å²) >= 11 is 0. The van der Waals surface area contributed by atoms with E-state index in [0.717, 1.165) is 36.2 Å². The Morgan fingerprint density at radius 3 is 2.48 bits per heavy atom. The van der Waals surface area contributed by atoms with E-state index < -0.39 is 0 Å². The van der Waals surface area contributed by atoms with Crippen molar-refractivity contribution < 1.29 is 9.53 Å². The van der Waals surface area contributed by atoms with E-state index >= 15 is 0 Å². The topological polar surface area (TPSA) is 77.3 Å². The van der Waals surface area contributed by atoms with Crippen LogP contribution in [0.2, 0.25) is 0 Å². The molecule has 0 N–H and O–H groups in total. The molecule has 7 nitrogen and oxygen atoms in total. The highest BCUT2D eigenvalue weighted by atomic mass is 16.5. The van der Waals surface area contributed by atoms with E-state index in [1.807, 2.05) is 53.6 Å². The Morgan fingerprint density at radius 2 is 1.75 bits per heavy atom. The lowest BCUT2D eigenvalue weighted by atomic mass is 9.84. The summed E-state index contributed by atoms with van der Waals surface area (Å²) < 4.78 is 7.06. The van der Waals surface area contributed by atoms with Crippen LogP contribution in [0.15, 0.2) is 77.9 Å². The Labute approximate surface area is 234 Å². The van der Waals surface area contributed by atoms with E-state index in [-0.39, 0.29) is 24.1 Å². The fourth-order valence-electron chi connectivity index (χ4n) is 5.80. The minimum atomic E-state index is -0.214. The number of anilines is 1. The normalized spacial score (nSPS) is 16.1. The summed E-state index contributed by atoms with van der Waals surface area (Å²) in [5.41, 5.74) is 3.77. The highest BCUT2D eigenvalue weighted by Crippen LogP contribution is 2.34. The van der Waals surface area contributed by atoms with Gasteiger partial charge in [-0.25, -0.2) is 4.68 Å². The third kappa shape index (κ3) is 5.85. The molecular weight excluding hydrogens is 500 g/mol. The van der Waals surface area contributed by atoms with Gasteiger partial charge in [0.1, 0.15) is 6.73 Å². The monoisotopic (exact) mass is 536 g/mol. The largest absolute Gasteiger partial charge is 0.354 e. The molecule has 0 atom stereocenters. The fourth-order valence-corrected chi connectivity index (χ4v) is 5.80. The molecule has 2 aliphatic carbocycles. The lowest BCUT2D eigenvalue weighted by Gasteiger charge is -2.32. The number of hydrogen-bond donors (Lipinski definition) is 0. The predicted molar refractivity (Wildman–Crippen MR) is 156 cm³/mol. The van der Waals surface area contributed by atoms with Crippen LogP contribution in [-0.4, -0.2) is 20.7 Å². The lowest BCUT2D eigenvalue weighted by Crippen LogP contribution is -2.38. The molecule has 2 saturated carbocycles. The van der Waals surface area contributed by atoms with E-state index in [9.17, 15) is 9.59 Å².